The van der Waals surface area contributed by atoms with E-state index in [0.717, 1.165) is 0 Å². The largest absolute Gasteiger partial charge is 0.542 e. The van der Waals surface area contributed by atoms with Crippen LogP contribution < -0.4 is 5.11 Å². The van der Waals surface area contributed by atoms with Gasteiger partial charge in [0.1, 0.15) is 11.7 Å². The van der Waals surface area contributed by atoms with Crippen molar-refractivity contribution in [1.29, 1.82) is 0 Å². The van der Waals surface area contributed by atoms with Gasteiger partial charge in [0.25, 0.3) is 0 Å². The van der Waals surface area contributed by atoms with Crippen molar-refractivity contribution < 1.29 is 27.8 Å². The number of carboxylic acid groups (broad SMARTS) is 1. The van der Waals surface area contributed by atoms with Crippen LogP contribution in [0, 0.1) is 0 Å². The summed E-state index contributed by atoms with van der Waals surface area (Å²) in [6.07, 6.45) is -2.76. The fraction of sp³-hybridized carbons (Fsp3) is 0. The lowest BCUT2D eigenvalue weighted by atomic mass is 10.6. The zero-order valence-corrected chi connectivity index (χ0v) is 5.07. The molecule has 62 valence electrons. The second-order valence-corrected chi connectivity index (χ2v) is 1.35. The van der Waals surface area contributed by atoms with Crippen LogP contribution in [0.3, 0.4) is 0 Å². The second kappa shape index (κ2) is 3.65. The first kappa shape index (κ1) is 9.54. The monoisotopic (exact) mass is 167 g/mol. The number of hydrogen-bond donors (Lipinski definition) is 0. The van der Waals surface area contributed by atoms with Crippen molar-refractivity contribution in [2.24, 2.45) is 0 Å². The van der Waals surface area contributed by atoms with Gasteiger partial charge in [0.15, 0.2) is 0 Å². The van der Waals surface area contributed by atoms with Crippen molar-refractivity contribution in [2.75, 3.05) is 0 Å². The Hall–Kier alpha value is -1.46. The fourth-order valence-electron chi connectivity index (χ4n) is 0.188. The molecule has 0 fully saturated rings. The molecule has 11 heavy (non-hydrogen) atoms. The van der Waals surface area contributed by atoms with Gasteiger partial charge in [-0.1, -0.05) is 6.58 Å². The standard InChI is InChI=1S/C5H3F3O3/c1-2(5(9)10)11-4(8)3(6)7/h1H2,(H,9,10)/p-1. The molecule has 0 aliphatic rings. The Kier molecular flexibility index (Phi) is 3.16. The number of hydrogen-bond acceptors (Lipinski definition) is 3. The molecule has 0 aliphatic carbocycles. The Morgan fingerprint density at radius 3 is 2.09 bits per heavy atom. The highest BCUT2D eigenvalue weighted by Crippen LogP contribution is 2.13. The maximum Gasteiger partial charge on any atom is 0.344 e. The van der Waals surface area contributed by atoms with E-state index in [9.17, 15) is 23.1 Å². The lowest BCUT2D eigenvalue weighted by Gasteiger charge is -2.04. The van der Waals surface area contributed by atoms with Crippen molar-refractivity contribution >= 4 is 5.97 Å². The molecule has 0 amide bonds. The van der Waals surface area contributed by atoms with Crippen molar-refractivity contribution in [1.82, 2.24) is 0 Å². The summed E-state index contributed by atoms with van der Waals surface area (Å²) in [4.78, 5) is 9.69. The van der Waals surface area contributed by atoms with E-state index in [1.54, 1.807) is 0 Å². The number of halogens is 3. The number of carbonyl (C=O) groups excluding carboxylic acids is 1. The Morgan fingerprint density at radius 1 is 1.36 bits per heavy atom. The SMILES string of the molecule is C=C(OC(F)=C(F)F)C(=O)[O-]. The molecule has 0 saturated carbocycles. The predicted molar refractivity (Wildman–Crippen MR) is 25.6 cm³/mol. The molecule has 0 heterocycles. The Morgan fingerprint density at radius 2 is 1.82 bits per heavy atom. The second-order valence-electron chi connectivity index (χ2n) is 1.35. The summed E-state index contributed by atoms with van der Waals surface area (Å²) in [6, 6.07) is -2.29. The summed E-state index contributed by atoms with van der Waals surface area (Å²) < 4.78 is 37.4. The van der Waals surface area contributed by atoms with Crippen LogP contribution in [-0.2, 0) is 9.53 Å². The molecule has 0 radical (unpaired) electrons. The third-order valence-electron chi connectivity index (χ3n) is 0.589. The lowest BCUT2D eigenvalue weighted by molar-refractivity contribution is -0.302. The highest BCUT2D eigenvalue weighted by Gasteiger charge is 2.08. The quantitative estimate of drug-likeness (QED) is 0.448. The van der Waals surface area contributed by atoms with Crippen LogP contribution in [0.1, 0.15) is 0 Å². The zero-order chi connectivity index (χ0) is 9.02. The molecule has 0 N–H and O–H groups in total. The average molecular weight is 167 g/mol. The number of aliphatic carboxylic acids is 1. The molecule has 0 aromatic rings. The molecule has 0 unspecified atom stereocenters. The van der Waals surface area contributed by atoms with E-state index in [0.29, 0.717) is 0 Å². The molecule has 3 nitrogen and oxygen atoms in total. The van der Waals surface area contributed by atoms with Gasteiger partial charge in [-0.05, 0) is 0 Å². The van der Waals surface area contributed by atoms with Crippen LogP contribution in [0.25, 0.3) is 0 Å². The highest BCUT2D eigenvalue weighted by molar-refractivity contribution is 5.81. The first-order valence-electron chi connectivity index (χ1n) is 2.24. The molecule has 0 atom stereocenters. The lowest BCUT2D eigenvalue weighted by Crippen LogP contribution is -2.24. The number of carbonyl (C=O) groups is 1. The van der Waals surface area contributed by atoms with Crippen LogP contribution in [0.4, 0.5) is 13.2 Å². The summed E-state index contributed by atoms with van der Waals surface area (Å²) in [5, 5.41) is 9.69. The number of rotatable bonds is 3. The van der Waals surface area contributed by atoms with E-state index < -0.39 is 23.8 Å². The van der Waals surface area contributed by atoms with Crippen LogP contribution in [0.15, 0.2) is 24.4 Å². The topological polar surface area (TPSA) is 49.4 Å². The normalized spacial score (nSPS) is 8.64. The molecule has 6 heteroatoms. The van der Waals surface area contributed by atoms with Gasteiger partial charge >= 0.3 is 12.1 Å². The van der Waals surface area contributed by atoms with Gasteiger partial charge in [0, 0.05) is 0 Å². The van der Waals surface area contributed by atoms with E-state index in [4.69, 9.17) is 0 Å². The van der Waals surface area contributed by atoms with Crippen molar-refractivity contribution in [3.05, 3.63) is 24.4 Å². The highest BCUT2D eigenvalue weighted by atomic mass is 19.3. The van der Waals surface area contributed by atoms with E-state index in [1.165, 1.54) is 0 Å². The van der Waals surface area contributed by atoms with Crippen molar-refractivity contribution in [3.63, 3.8) is 0 Å². The molecule has 0 bridgehead atoms. The molecule has 0 aromatic carbocycles. The Labute approximate surface area is 59.4 Å². The molecule has 0 saturated heterocycles. The smallest absolute Gasteiger partial charge is 0.344 e. The summed E-state index contributed by atoms with van der Waals surface area (Å²) in [7, 11) is 0. The third kappa shape index (κ3) is 3.29. The van der Waals surface area contributed by atoms with Gasteiger partial charge in [-0.3, -0.25) is 0 Å². The maximum atomic E-state index is 11.7. The third-order valence-corrected chi connectivity index (χ3v) is 0.589. The van der Waals surface area contributed by atoms with Gasteiger partial charge in [0.05, 0.1) is 0 Å². The van der Waals surface area contributed by atoms with Gasteiger partial charge in [-0.25, -0.2) is 0 Å². The molecule has 0 aliphatic heterocycles. The fourth-order valence-corrected chi connectivity index (χ4v) is 0.188. The first-order valence-corrected chi connectivity index (χ1v) is 2.24. The van der Waals surface area contributed by atoms with Crippen molar-refractivity contribution in [2.45, 2.75) is 0 Å². The average Bonchev–Trinajstić information content (AvgIpc) is 1.87. The first-order chi connectivity index (χ1) is 4.95. The van der Waals surface area contributed by atoms with E-state index >= 15 is 0 Å². The van der Waals surface area contributed by atoms with E-state index in [2.05, 4.69) is 11.3 Å². The summed E-state index contributed by atoms with van der Waals surface area (Å²) in [5.41, 5.74) is 0. The number of ether oxygens (including phenoxy) is 1. The predicted octanol–water partition coefficient (Wildman–Crippen LogP) is 0.302. The Balaban J connectivity index is 4.18. The molecule has 0 spiro atoms. The minimum Gasteiger partial charge on any atom is -0.542 e. The van der Waals surface area contributed by atoms with Crippen LogP contribution in [0.5, 0.6) is 0 Å². The van der Waals surface area contributed by atoms with Gasteiger partial charge in [-0.2, -0.15) is 13.2 Å². The Bertz CT molecular complexity index is 217. The van der Waals surface area contributed by atoms with Crippen molar-refractivity contribution in [3.8, 4) is 0 Å². The summed E-state index contributed by atoms with van der Waals surface area (Å²) in [5.74, 6) is -3.17. The zero-order valence-electron chi connectivity index (χ0n) is 5.07. The molecule has 0 aromatic heterocycles. The van der Waals surface area contributed by atoms with Crippen LogP contribution >= 0.6 is 0 Å². The van der Waals surface area contributed by atoms with Gasteiger partial charge in [0.2, 0.25) is 0 Å². The molecule has 0 rings (SSSR count). The summed E-state index contributed by atoms with van der Waals surface area (Å²) >= 11 is 0. The van der Waals surface area contributed by atoms with Crippen LogP contribution in [-0.4, -0.2) is 5.97 Å². The van der Waals surface area contributed by atoms with Gasteiger partial charge < -0.3 is 14.6 Å². The minimum absolute atomic E-state index is 1.21. The minimum atomic E-state index is -2.76. The van der Waals surface area contributed by atoms with E-state index in [1.807, 2.05) is 0 Å². The summed E-state index contributed by atoms with van der Waals surface area (Å²) in [6.45, 7) is 2.58. The van der Waals surface area contributed by atoms with E-state index in [-0.39, 0.29) is 0 Å². The molecular formula is C5H2F3O3-. The van der Waals surface area contributed by atoms with Gasteiger partial charge in [-0.15, -0.1) is 0 Å². The number of carboxylic acids is 1. The maximum absolute atomic E-state index is 11.7. The molecular weight excluding hydrogens is 165 g/mol. The van der Waals surface area contributed by atoms with Crippen LogP contribution in [0.2, 0.25) is 0 Å².